The average molecular weight is 296 g/mol. The van der Waals surface area contributed by atoms with Gasteiger partial charge in [-0.15, -0.1) is 0 Å². The summed E-state index contributed by atoms with van der Waals surface area (Å²) >= 11 is 0. The van der Waals surface area contributed by atoms with E-state index < -0.39 is 10.1 Å². The van der Waals surface area contributed by atoms with Crippen molar-refractivity contribution in [3.63, 3.8) is 0 Å². The Morgan fingerprint density at radius 3 is 1.47 bits per heavy atom. The fourth-order valence-corrected chi connectivity index (χ4v) is 0.502. The van der Waals surface area contributed by atoms with E-state index >= 15 is 0 Å². The third-order valence-electron chi connectivity index (χ3n) is 1.13. The molecule has 19 heavy (non-hydrogen) atoms. The summed E-state index contributed by atoms with van der Waals surface area (Å²) < 4.78 is 30.7. The predicted octanol–water partition coefficient (Wildman–Crippen LogP) is -0.486. The van der Waals surface area contributed by atoms with E-state index in [4.69, 9.17) is 4.55 Å². The molecule has 0 fully saturated rings. The molecule has 102 valence electrons. The van der Waals surface area contributed by atoms with Crippen LogP contribution in [0.4, 0.5) is 0 Å². The summed E-state index contributed by atoms with van der Waals surface area (Å²) in [6, 6.07) is 12.0. The van der Waals surface area contributed by atoms with Gasteiger partial charge < -0.3 is 6.16 Å². The molecule has 0 aliphatic carbocycles. The van der Waals surface area contributed by atoms with Crippen molar-refractivity contribution in [1.82, 2.24) is 0 Å². The van der Waals surface area contributed by atoms with Gasteiger partial charge in [0, 0.05) is 6.92 Å². The van der Waals surface area contributed by atoms with Gasteiger partial charge in [0.05, 0.1) is 11.7 Å². The second-order valence-corrected chi connectivity index (χ2v) is 3.98. The van der Waals surface area contributed by atoms with Gasteiger partial charge in [0.2, 0.25) is 0 Å². The fourth-order valence-electron chi connectivity index (χ4n) is 0.502. The monoisotopic (exact) mass is 296 g/mol. The summed E-state index contributed by atoms with van der Waals surface area (Å²) in [4.78, 5) is 9.75. The second kappa shape index (κ2) is 15.1. The largest absolute Gasteiger partial charge is 1.00 e. The first-order chi connectivity index (χ1) is 8.33. The van der Waals surface area contributed by atoms with Gasteiger partial charge in [0.15, 0.2) is 0 Å². The van der Waals surface area contributed by atoms with Crippen LogP contribution in [-0.4, -0.2) is 18.9 Å². The van der Waals surface area contributed by atoms with Crippen LogP contribution in [0.25, 0.3) is 0 Å². The molecule has 0 saturated heterocycles. The molecule has 0 atom stereocenters. The smallest absolute Gasteiger partial charge is 1.00 e. The Kier molecular flexibility index (Phi) is 18.5. The minimum Gasteiger partial charge on any atom is -1.00 e. The molecule has 0 aliphatic heterocycles. The third-order valence-corrected chi connectivity index (χ3v) is 1.55. The van der Waals surface area contributed by atoms with Crippen LogP contribution >= 0.6 is 0 Å². The molecule has 0 heterocycles. The topological polar surface area (TPSA) is 80.7 Å². The van der Waals surface area contributed by atoms with Crippen LogP contribution in [0.5, 0.6) is 0 Å². The standard InChI is InChI=1S/C6H6.C4H6O2.C2H4O3S.Na.H/c1-2-4-6-5-3-1;1-3-6-4(2)5;1-2-6(3,4)5;;/h1-6H;3H,1H2,2H3;2H,1H2,(H,3,4,5);;/q;;;+1;-1. The van der Waals surface area contributed by atoms with Gasteiger partial charge in [-0.2, -0.15) is 8.42 Å². The Morgan fingerprint density at radius 2 is 1.42 bits per heavy atom. The summed E-state index contributed by atoms with van der Waals surface area (Å²) in [7, 11) is -3.90. The summed E-state index contributed by atoms with van der Waals surface area (Å²) in [5, 5.41) is 0.465. The van der Waals surface area contributed by atoms with Crippen LogP contribution in [0.3, 0.4) is 0 Å². The Labute approximate surface area is 137 Å². The van der Waals surface area contributed by atoms with Crippen molar-refractivity contribution in [2.24, 2.45) is 0 Å². The molecule has 1 N–H and O–H groups in total. The number of hydrogen-bond acceptors (Lipinski definition) is 4. The van der Waals surface area contributed by atoms with Crippen molar-refractivity contribution in [3.05, 3.63) is 61.2 Å². The van der Waals surface area contributed by atoms with Crippen LogP contribution < -0.4 is 29.6 Å². The molecule has 1 rings (SSSR count). The number of esters is 1. The van der Waals surface area contributed by atoms with Gasteiger partial charge in [-0.3, -0.25) is 9.35 Å². The van der Waals surface area contributed by atoms with Crippen LogP contribution in [0.2, 0.25) is 0 Å². The summed E-state index contributed by atoms with van der Waals surface area (Å²) in [5.74, 6) is -0.329. The molecule has 0 spiro atoms. The maximum atomic E-state index is 9.75. The van der Waals surface area contributed by atoms with Gasteiger partial charge in [-0.25, -0.2) is 0 Å². The van der Waals surface area contributed by atoms with Gasteiger partial charge in [-0.05, 0) is 0 Å². The van der Waals surface area contributed by atoms with Gasteiger partial charge in [-0.1, -0.05) is 49.6 Å². The number of rotatable bonds is 2. The van der Waals surface area contributed by atoms with Crippen LogP contribution in [0.1, 0.15) is 8.35 Å². The third kappa shape index (κ3) is 31.6. The molecular formula is C12H17NaO5S. The maximum Gasteiger partial charge on any atom is 1.00 e. The number of ether oxygens (including phenoxy) is 1. The number of carbonyl (C=O) groups excluding carboxylic acids is 1. The molecule has 0 aliphatic rings. The molecule has 7 heteroatoms. The molecule has 0 unspecified atom stereocenters. The van der Waals surface area contributed by atoms with Gasteiger partial charge >= 0.3 is 35.5 Å². The maximum absolute atomic E-state index is 9.75. The van der Waals surface area contributed by atoms with E-state index in [-0.39, 0.29) is 37.0 Å². The average Bonchev–Trinajstić information content (AvgIpc) is 2.32. The minimum atomic E-state index is -3.90. The molecule has 1 aromatic carbocycles. The van der Waals surface area contributed by atoms with E-state index in [1.807, 2.05) is 36.4 Å². The van der Waals surface area contributed by atoms with Crippen molar-refractivity contribution in [2.75, 3.05) is 0 Å². The fraction of sp³-hybridized carbons (Fsp3) is 0.0833. The zero-order chi connectivity index (χ0) is 14.4. The molecule has 0 bridgehead atoms. The molecular weight excluding hydrogens is 279 g/mol. The minimum absolute atomic E-state index is 0. The van der Waals surface area contributed by atoms with E-state index in [1.54, 1.807) is 0 Å². The number of carbonyl (C=O) groups is 1. The van der Waals surface area contributed by atoms with E-state index in [9.17, 15) is 13.2 Å². The van der Waals surface area contributed by atoms with Gasteiger partial charge in [0.25, 0.3) is 10.1 Å². The summed E-state index contributed by atoms with van der Waals surface area (Å²) in [6.07, 6.45) is 1.10. The van der Waals surface area contributed by atoms with Crippen molar-refractivity contribution in [2.45, 2.75) is 6.92 Å². The zero-order valence-electron chi connectivity index (χ0n) is 12.0. The molecule has 1 aromatic rings. The van der Waals surface area contributed by atoms with E-state index in [2.05, 4.69) is 17.9 Å². The SMILES string of the molecule is C=COC(C)=O.C=CS(=O)(=O)O.[H-].[Na+].c1ccccc1. The Balaban J connectivity index is -0.0000000914. The van der Waals surface area contributed by atoms with Crippen molar-refractivity contribution in [1.29, 1.82) is 0 Å². The van der Waals surface area contributed by atoms with Crippen LogP contribution in [0, 0.1) is 0 Å². The van der Waals surface area contributed by atoms with E-state index in [1.165, 1.54) is 6.92 Å². The molecule has 5 nitrogen and oxygen atoms in total. The molecule has 0 saturated carbocycles. The predicted molar refractivity (Wildman–Crippen MR) is 71.3 cm³/mol. The summed E-state index contributed by atoms with van der Waals surface area (Å²) in [6.45, 7) is 7.27. The quantitative estimate of drug-likeness (QED) is 0.345. The van der Waals surface area contributed by atoms with Crippen LogP contribution in [-0.2, 0) is 19.6 Å². The first-order valence-corrected chi connectivity index (χ1v) is 6.22. The number of benzene rings is 1. The van der Waals surface area contributed by atoms with Crippen molar-refractivity contribution >= 4 is 16.1 Å². The number of hydrogen-bond donors (Lipinski definition) is 1. The zero-order valence-corrected chi connectivity index (χ0v) is 13.8. The van der Waals surface area contributed by atoms with E-state index in [0.717, 1.165) is 6.26 Å². The van der Waals surface area contributed by atoms with Crippen molar-refractivity contribution in [3.8, 4) is 0 Å². The van der Waals surface area contributed by atoms with Gasteiger partial charge in [0.1, 0.15) is 0 Å². The summed E-state index contributed by atoms with van der Waals surface area (Å²) in [5.41, 5.74) is 0. The molecule has 0 amide bonds. The van der Waals surface area contributed by atoms with Crippen molar-refractivity contribution < 1.29 is 53.5 Å². The first kappa shape index (κ1) is 23.2. The molecule has 0 radical (unpaired) electrons. The normalized spacial score (nSPS) is 8.11. The Bertz CT molecular complexity index is 410. The van der Waals surface area contributed by atoms with Crippen LogP contribution in [0.15, 0.2) is 61.2 Å². The Hall–Kier alpha value is -0.920. The Morgan fingerprint density at radius 1 is 1.16 bits per heavy atom. The van der Waals surface area contributed by atoms with E-state index in [0.29, 0.717) is 5.41 Å². The second-order valence-electron chi connectivity index (χ2n) is 2.61. The first-order valence-electron chi connectivity index (χ1n) is 4.71. The molecule has 0 aromatic heterocycles.